The molecule has 2 N–H and O–H groups in total. The fourth-order valence-electron chi connectivity index (χ4n) is 0.871. The van der Waals surface area contributed by atoms with E-state index < -0.39 is 16.9 Å². The van der Waals surface area contributed by atoms with Gasteiger partial charge >= 0.3 is 6.03 Å². The summed E-state index contributed by atoms with van der Waals surface area (Å²) in [5.74, 6) is 0. The molecule has 0 radical (unpaired) electrons. The molecule has 0 heterocycles. The van der Waals surface area contributed by atoms with Crippen molar-refractivity contribution in [2.75, 3.05) is 4.31 Å². The van der Waals surface area contributed by atoms with Crippen molar-refractivity contribution in [3.8, 4) is 0 Å². The zero-order valence-corrected chi connectivity index (χ0v) is 7.48. The molecule has 2 amide bonds. The van der Waals surface area contributed by atoms with Crippen molar-refractivity contribution in [2.24, 2.45) is 5.73 Å². The molecule has 0 spiro atoms. The van der Waals surface area contributed by atoms with Gasteiger partial charge < -0.3 is 5.73 Å². The molecule has 5 nitrogen and oxygen atoms in total. The third-order valence-corrected chi connectivity index (χ3v) is 2.13. The summed E-state index contributed by atoms with van der Waals surface area (Å²) in [5, 5.41) is 0. The van der Waals surface area contributed by atoms with E-state index in [0.29, 0.717) is 4.31 Å². The van der Waals surface area contributed by atoms with E-state index in [2.05, 4.69) is 0 Å². The number of thiol groups is 1. The van der Waals surface area contributed by atoms with Gasteiger partial charge in [0.2, 0.25) is 10.9 Å². The molecule has 0 aliphatic carbocycles. The SMILES string of the molecule is NC(=O)N(c1ccccc1)[SH](=O)=O. The monoisotopic (exact) mass is 200 g/mol. The summed E-state index contributed by atoms with van der Waals surface area (Å²) >= 11 is 0. The van der Waals surface area contributed by atoms with E-state index in [-0.39, 0.29) is 5.69 Å². The van der Waals surface area contributed by atoms with Crippen LogP contribution in [-0.4, -0.2) is 14.4 Å². The third-order valence-electron chi connectivity index (χ3n) is 1.37. The van der Waals surface area contributed by atoms with Crippen molar-refractivity contribution in [3.05, 3.63) is 30.3 Å². The van der Waals surface area contributed by atoms with Gasteiger partial charge in [0, 0.05) is 0 Å². The summed E-state index contributed by atoms with van der Waals surface area (Å²) in [7, 11) is -3.02. The number of urea groups is 1. The second-order valence-electron chi connectivity index (χ2n) is 2.22. The number of carbonyl (C=O) groups is 1. The van der Waals surface area contributed by atoms with Crippen LogP contribution in [0.4, 0.5) is 10.5 Å². The van der Waals surface area contributed by atoms with E-state index >= 15 is 0 Å². The number of amides is 2. The molecule has 1 rings (SSSR count). The maximum absolute atomic E-state index is 10.7. The van der Waals surface area contributed by atoms with Crippen LogP contribution in [-0.2, 0) is 10.9 Å². The van der Waals surface area contributed by atoms with E-state index in [0.717, 1.165) is 0 Å². The third kappa shape index (κ3) is 2.19. The quantitative estimate of drug-likeness (QED) is 0.664. The minimum atomic E-state index is -3.02. The minimum absolute atomic E-state index is 0.242. The zero-order valence-electron chi connectivity index (χ0n) is 6.58. The van der Waals surface area contributed by atoms with E-state index in [9.17, 15) is 13.2 Å². The van der Waals surface area contributed by atoms with Gasteiger partial charge in [-0.1, -0.05) is 18.2 Å². The fourth-order valence-corrected chi connectivity index (χ4v) is 1.35. The average Bonchev–Trinajstić information content (AvgIpc) is 2.04. The van der Waals surface area contributed by atoms with E-state index in [1.807, 2.05) is 0 Å². The largest absolute Gasteiger partial charge is 0.350 e. The van der Waals surface area contributed by atoms with Gasteiger partial charge in [0.25, 0.3) is 0 Å². The maximum Gasteiger partial charge on any atom is 0.333 e. The molecular formula is C7H8N2O3S. The lowest BCUT2D eigenvalue weighted by atomic mass is 10.3. The summed E-state index contributed by atoms with van der Waals surface area (Å²) in [6.07, 6.45) is 0. The topological polar surface area (TPSA) is 80.5 Å². The van der Waals surface area contributed by atoms with Crippen molar-refractivity contribution in [2.45, 2.75) is 0 Å². The lowest BCUT2D eigenvalue weighted by molar-refractivity contribution is 0.257. The molecule has 70 valence electrons. The molecule has 0 aliphatic heterocycles. The first kappa shape index (κ1) is 9.53. The van der Waals surface area contributed by atoms with Crippen molar-refractivity contribution in [1.82, 2.24) is 0 Å². The van der Waals surface area contributed by atoms with Crippen LogP contribution in [0.15, 0.2) is 30.3 Å². The number of primary amides is 1. The molecule has 0 saturated carbocycles. The Bertz CT molecular complexity index is 367. The Morgan fingerprint density at radius 1 is 1.23 bits per heavy atom. The van der Waals surface area contributed by atoms with Gasteiger partial charge in [-0.3, -0.25) is 0 Å². The fraction of sp³-hybridized carbons (Fsp3) is 0. The van der Waals surface area contributed by atoms with Gasteiger partial charge in [0.05, 0.1) is 5.69 Å². The van der Waals surface area contributed by atoms with Crippen LogP contribution in [0.5, 0.6) is 0 Å². The molecule has 0 aliphatic rings. The first-order valence-corrected chi connectivity index (χ1v) is 4.55. The van der Waals surface area contributed by atoms with Gasteiger partial charge in [-0.05, 0) is 12.1 Å². The molecule has 13 heavy (non-hydrogen) atoms. The highest BCUT2D eigenvalue weighted by Gasteiger charge is 2.13. The molecule has 0 aromatic heterocycles. The molecule has 1 aromatic carbocycles. The molecular weight excluding hydrogens is 192 g/mol. The smallest absolute Gasteiger partial charge is 0.333 e. The van der Waals surface area contributed by atoms with E-state index in [1.165, 1.54) is 12.1 Å². The molecule has 0 unspecified atom stereocenters. The maximum atomic E-state index is 10.7. The lowest BCUT2D eigenvalue weighted by Crippen LogP contribution is -2.34. The molecule has 1 aromatic rings. The Labute approximate surface area is 76.9 Å². The molecule has 0 saturated heterocycles. The lowest BCUT2D eigenvalue weighted by Gasteiger charge is -2.11. The highest BCUT2D eigenvalue weighted by molar-refractivity contribution is 7.75. The Balaban J connectivity index is 3.10. The number of nitrogens with two attached hydrogens (primary N) is 1. The Kier molecular flexibility index (Phi) is 2.86. The van der Waals surface area contributed by atoms with Gasteiger partial charge in [-0.15, -0.1) is 0 Å². The van der Waals surface area contributed by atoms with Crippen LogP contribution in [0, 0.1) is 0 Å². The first-order chi connectivity index (χ1) is 6.13. The van der Waals surface area contributed by atoms with Crippen LogP contribution < -0.4 is 10.0 Å². The predicted octanol–water partition coefficient (Wildman–Crippen LogP) is 0.0981. The van der Waals surface area contributed by atoms with Crippen LogP contribution in [0.1, 0.15) is 0 Å². The number of hydrogen-bond donors (Lipinski definition) is 2. The number of carbonyl (C=O) groups excluding carboxylic acids is 1. The number of hydrogen-bond acceptors (Lipinski definition) is 3. The van der Waals surface area contributed by atoms with Gasteiger partial charge in [0.15, 0.2) is 0 Å². The summed E-state index contributed by atoms with van der Waals surface area (Å²) in [6.45, 7) is 0. The van der Waals surface area contributed by atoms with E-state index in [4.69, 9.17) is 5.73 Å². The minimum Gasteiger partial charge on any atom is -0.350 e. The van der Waals surface area contributed by atoms with Crippen molar-refractivity contribution < 1.29 is 13.2 Å². The van der Waals surface area contributed by atoms with Gasteiger partial charge in [-0.25, -0.2) is 13.2 Å². The van der Waals surface area contributed by atoms with Crippen LogP contribution in [0.3, 0.4) is 0 Å². The highest BCUT2D eigenvalue weighted by Crippen LogP contribution is 2.12. The number of benzene rings is 1. The number of nitrogens with zero attached hydrogens (tertiary/aromatic N) is 1. The standard InChI is InChI=1S/C7H8N2O3S/c8-7(10)9(13(11)12)6-4-2-1-3-5-6/h1-5,13H,(H2,8,10). The van der Waals surface area contributed by atoms with Crippen molar-refractivity contribution in [1.29, 1.82) is 0 Å². The van der Waals surface area contributed by atoms with Crippen LogP contribution in [0.25, 0.3) is 0 Å². The first-order valence-electron chi connectivity index (χ1n) is 3.42. The predicted molar refractivity (Wildman–Crippen MR) is 48.8 cm³/mol. The molecule has 0 fully saturated rings. The van der Waals surface area contributed by atoms with Crippen molar-refractivity contribution >= 4 is 22.6 Å². The summed E-state index contributed by atoms with van der Waals surface area (Å²) in [4.78, 5) is 10.7. The second-order valence-corrected chi connectivity index (χ2v) is 3.10. The van der Waals surface area contributed by atoms with Gasteiger partial charge in [0.1, 0.15) is 0 Å². The molecule has 0 atom stereocenters. The summed E-state index contributed by atoms with van der Waals surface area (Å²) in [6, 6.07) is 6.89. The number of para-hydroxylation sites is 1. The van der Waals surface area contributed by atoms with Gasteiger partial charge in [-0.2, -0.15) is 4.31 Å². The van der Waals surface area contributed by atoms with E-state index in [1.54, 1.807) is 18.2 Å². The van der Waals surface area contributed by atoms with Crippen molar-refractivity contribution in [3.63, 3.8) is 0 Å². The summed E-state index contributed by atoms with van der Waals surface area (Å²) in [5.41, 5.74) is 5.11. The van der Waals surface area contributed by atoms with Crippen LogP contribution >= 0.6 is 0 Å². The molecule has 6 heteroatoms. The Morgan fingerprint density at radius 3 is 2.15 bits per heavy atom. The Morgan fingerprint density at radius 2 is 1.77 bits per heavy atom. The highest BCUT2D eigenvalue weighted by atomic mass is 32.2. The number of anilines is 1. The summed E-state index contributed by atoms with van der Waals surface area (Å²) < 4.78 is 21.7. The average molecular weight is 200 g/mol. The second kappa shape index (κ2) is 3.90. The van der Waals surface area contributed by atoms with Crippen LogP contribution in [0.2, 0.25) is 0 Å². The normalized spacial score (nSPS) is 9.92. The Hall–Kier alpha value is -1.56. The molecule has 0 bridgehead atoms. The zero-order chi connectivity index (χ0) is 9.84. The number of rotatable bonds is 2.